The number of rotatable bonds is 7. The van der Waals surface area contributed by atoms with E-state index in [-0.39, 0.29) is 12.5 Å². The summed E-state index contributed by atoms with van der Waals surface area (Å²) in [5.41, 5.74) is 4.47. The van der Waals surface area contributed by atoms with Crippen LogP contribution in [-0.2, 0) is 4.79 Å². The minimum atomic E-state index is -0.292. The molecule has 0 saturated carbocycles. The number of benzene rings is 3. The molecule has 0 fully saturated rings. The molecule has 3 rings (SSSR count). The third-order valence-corrected chi connectivity index (χ3v) is 4.91. The molecular formula is C22H21BrN2O2. The first-order valence-corrected chi connectivity index (χ1v) is 9.69. The molecule has 138 valence electrons. The molecule has 0 heterocycles. The summed E-state index contributed by atoms with van der Waals surface area (Å²) in [5, 5.41) is 6.45. The molecule has 0 atom stereocenters. The highest BCUT2D eigenvalue weighted by Crippen LogP contribution is 2.32. The predicted molar refractivity (Wildman–Crippen MR) is 113 cm³/mol. The van der Waals surface area contributed by atoms with Crippen molar-refractivity contribution in [3.05, 3.63) is 76.8 Å². The van der Waals surface area contributed by atoms with Gasteiger partial charge in [0.2, 0.25) is 0 Å². The number of halogens is 1. The molecule has 0 aromatic heterocycles. The topological polar surface area (TPSA) is 50.7 Å². The van der Waals surface area contributed by atoms with E-state index in [4.69, 9.17) is 4.74 Å². The maximum absolute atomic E-state index is 12.2. The van der Waals surface area contributed by atoms with Gasteiger partial charge >= 0.3 is 0 Å². The fraction of sp³-hybridized carbons (Fsp3) is 0.182. The van der Waals surface area contributed by atoms with Gasteiger partial charge in [-0.3, -0.25) is 4.79 Å². The molecule has 0 aliphatic carbocycles. The molecule has 0 radical (unpaired) electrons. The van der Waals surface area contributed by atoms with Gasteiger partial charge in [0.1, 0.15) is 5.75 Å². The van der Waals surface area contributed by atoms with Crippen LogP contribution in [0.5, 0.6) is 5.75 Å². The van der Waals surface area contributed by atoms with E-state index in [2.05, 4.69) is 33.4 Å². The first kappa shape index (κ1) is 19.1. The van der Waals surface area contributed by atoms with Gasteiger partial charge in [0, 0.05) is 0 Å². The summed E-state index contributed by atoms with van der Waals surface area (Å²) < 4.78 is 6.52. The number of ether oxygens (including phenoxy) is 1. The van der Waals surface area contributed by atoms with Crippen LogP contribution in [-0.4, -0.2) is 18.2 Å². The number of fused-ring (bicyclic) bond motifs is 1. The maximum Gasteiger partial charge on any atom is 0.277 e. The number of nitrogens with zero attached hydrogens (tertiary/aromatic N) is 1. The van der Waals surface area contributed by atoms with Crippen LogP contribution < -0.4 is 10.2 Å². The Morgan fingerprint density at radius 3 is 2.56 bits per heavy atom. The molecule has 1 amide bonds. The Morgan fingerprint density at radius 2 is 1.78 bits per heavy atom. The average Bonchev–Trinajstić information content (AvgIpc) is 2.71. The Labute approximate surface area is 167 Å². The van der Waals surface area contributed by atoms with Crippen molar-refractivity contribution in [3.8, 4) is 5.75 Å². The number of nitrogens with one attached hydrogen (secondary N) is 1. The van der Waals surface area contributed by atoms with Gasteiger partial charge in [-0.25, -0.2) is 5.43 Å². The van der Waals surface area contributed by atoms with Crippen LogP contribution >= 0.6 is 15.9 Å². The Morgan fingerprint density at radius 1 is 1.04 bits per heavy atom. The first-order chi connectivity index (χ1) is 13.2. The summed E-state index contributed by atoms with van der Waals surface area (Å²) in [6, 6.07) is 21.7. The molecule has 4 nitrogen and oxygen atoms in total. The number of carbonyl (C=O) groups is 1. The molecule has 27 heavy (non-hydrogen) atoms. The van der Waals surface area contributed by atoms with Crippen molar-refractivity contribution in [1.82, 2.24) is 5.43 Å². The predicted octanol–water partition coefficient (Wildman–Crippen LogP) is 5.30. The lowest BCUT2D eigenvalue weighted by Gasteiger charge is -2.10. The van der Waals surface area contributed by atoms with E-state index in [1.54, 1.807) is 0 Å². The van der Waals surface area contributed by atoms with Crippen LogP contribution in [0.2, 0.25) is 0 Å². The van der Waals surface area contributed by atoms with Gasteiger partial charge in [-0.05, 0) is 44.8 Å². The summed E-state index contributed by atoms with van der Waals surface area (Å²) in [5.74, 6) is 0.337. The van der Waals surface area contributed by atoms with Crippen molar-refractivity contribution in [2.75, 3.05) is 6.61 Å². The zero-order valence-corrected chi connectivity index (χ0v) is 16.7. The molecule has 1 N–H and O–H groups in total. The molecule has 0 spiro atoms. The van der Waals surface area contributed by atoms with Crippen LogP contribution in [0, 0.1) is 0 Å². The Balaban J connectivity index is 1.65. The van der Waals surface area contributed by atoms with Gasteiger partial charge in [0.25, 0.3) is 5.91 Å². The van der Waals surface area contributed by atoms with Gasteiger partial charge in [-0.2, -0.15) is 5.10 Å². The van der Waals surface area contributed by atoms with Crippen molar-refractivity contribution in [2.45, 2.75) is 19.8 Å². The Hall–Kier alpha value is -2.66. The highest BCUT2D eigenvalue weighted by Gasteiger charge is 2.09. The van der Waals surface area contributed by atoms with Crippen molar-refractivity contribution in [2.24, 2.45) is 5.10 Å². The molecule has 0 aliphatic heterocycles. The Bertz CT molecular complexity index is 955. The van der Waals surface area contributed by atoms with Crippen LogP contribution in [0.1, 0.15) is 25.3 Å². The number of carbonyl (C=O) groups excluding carboxylic acids is 1. The lowest BCUT2D eigenvalue weighted by atomic mass is 10.1. The quantitative estimate of drug-likeness (QED) is 0.413. The lowest BCUT2D eigenvalue weighted by molar-refractivity contribution is -0.123. The third-order valence-electron chi connectivity index (χ3n) is 4.10. The molecule has 0 aliphatic rings. The van der Waals surface area contributed by atoms with E-state index in [9.17, 15) is 4.79 Å². The van der Waals surface area contributed by atoms with Gasteiger partial charge in [0.15, 0.2) is 6.61 Å². The van der Waals surface area contributed by atoms with E-state index in [1.807, 2.05) is 66.7 Å². The lowest BCUT2D eigenvalue weighted by Crippen LogP contribution is -2.26. The average molecular weight is 425 g/mol. The summed E-state index contributed by atoms with van der Waals surface area (Å²) in [7, 11) is 0. The van der Waals surface area contributed by atoms with Crippen molar-refractivity contribution < 1.29 is 9.53 Å². The van der Waals surface area contributed by atoms with Crippen molar-refractivity contribution >= 4 is 38.3 Å². The van der Waals surface area contributed by atoms with Crippen LogP contribution in [0.15, 0.2) is 76.3 Å². The monoisotopic (exact) mass is 424 g/mol. The minimum absolute atomic E-state index is 0.103. The van der Waals surface area contributed by atoms with Crippen LogP contribution in [0.4, 0.5) is 0 Å². The standard InChI is InChI=1S/C22H21BrN2O2/c1-2-8-19(17-10-4-3-5-11-17)24-25-21(26)15-27-20-14-13-16-9-6-7-12-18(16)22(20)23/h3-7,9-14H,2,8,15H2,1H3,(H,25,26)/b24-19+. The van der Waals surface area contributed by atoms with E-state index in [0.717, 1.165) is 39.4 Å². The van der Waals surface area contributed by atoms with Crippen LogP contribution in [0.3, 0.4) is 0 Å². The first-order valence-electron chi connectivity index (χ1n) is 8.90. The van der Waals surface area contributed by atoms with Crippen molar-refractivity contribution in [3.63, 3.8) is 0 Å². The third kappa shape index (κ3) is 4.95. The van der Waals surface area contributed by atoms with E-state index < -0.39 is 0 Å². The number of hydrogen-bond donors (Lipinski definition) is 1. The van der Waals surface area contributed by atoms with Gasteiger partial charge in [-0.1, -0.05) is 74.0 Å². The van der Waals surface area contributed by atoms with E-state index >= 15 is 0 Å². The normalized spacial score (nSPS) is 11.4. The summed E-state index contributed by atoms with van der Waals surface area (Å²) in [4.78, 5) is 12.2. The highest BCUT2D eigenvalue weighted by molar-refractivity contribution is 9.10. The largest absolute Gasteiger partial charge is 0.483 e. The molecular weight excluding hydrogens is 404 g/mol. The summed E-state index contributed by atoms with van der Waals surface area (Å²) in [6.45, 7) is 1.98. The molecule has 0 unspecified atom stereocenters. The highest BCUT2D eigenvalue weighted by atomic mass is 79.9. The maximum atomic E-state index is 12.2. The van der Waals surface area contributed by atoms with Gasteiger partial charge < -0.3 is 4.74 Å². The smallest absolute Gasteiger partial charge is 0.277 e. The molecule has 0 bridgehead atoms. The zero-order chi connectivity index (χ0) is 19.1. The Kier molecular flexibility index (Phi) is 6.60. The molecule has 5 heteroatoms. The zero-order valence-electron chi connectivity index (χ0n) is 15.1. The molecule has 3 aromatic rings. The van der Waals surface area contributed by atoms with Gasteiger partial charge in [0.05, 0.1) is 10.2 Å². The SMILES string of the molecule is CCC/C(=N\NC(=O)COc1ccc2ccccc2c1Br)c1ccccc1. The minimum Gasteiger partial charge on any atom is -0.483 e. The fourth-order valence-corrected chi connectivity index (χ4v) is 3.37. The summed E-state index contributed by atoms with van der Waals surface area (Å²) >= 11 is 3.56. The fourth-order valence-electron chi connectivity index (χ4n) is 2.76. The number of amides is 1. The number of hydrazone groups is 1. The molecule has 0 saturated heterocycles. The summed E-state index contributed by atoms with van der Waals surface area (Å²) in [6.07, 6.45) is 1.74. The second-order valence-electron chi connectivity index (χ2n) is 6.10. The van der Waals surface area contributed by atoms with E-state index in [0.29, 0.717) is 5.75 Å². The molecule has 3 aromatic carbocycles. The second kappa shape index (κ2) is 9.33. The van der Waals surface area contributed by atoms with Crippen LogP contribution in [0.25, 0.3) is 10.8 Å². The van der Waals surface area contributed by atoms with E-state index in [1.165, 1.54) is 0 Å². The second-order valence-corrected chi connectivity index (χ2v) is 6.89. The van der Waals surface area contributed by atoms with Gasteiger partial charge in [-0.15, -0.1) is 0 Å². The number of hydrogen-bond acceptors (Lipinski definition) is 3. The van der Waals surface area contributed by atoms with Crippen molar-refractivity contribution in [1.29, 1.82) is 0 Å².